The Morgan fingerprint density at radius 1 is 0.905 bits per heavy atom. The number of fused-ring (bicyclic) bond motifs is 1. The van der Waals surface area contributed by atoms with Gasteiger partial charge in [-0.25, -0.2) is 20.4 Å². The van der Waals surface area contributed by atoms with Crippen LogP contribution in [0.2, 0.25) is 0 Å². The molecule has 226 valence electrons. The number of benzene rings is 2. The number of carbonyl (C=O) groups is 2. The van der Waals surface area contributed by atoms with Gasteiger partial charge in [0.15, 0.2) is 0 Å². The highest BCUT2D eigenvalue weighted by molar-refractivity contribution is 5.97. The maximum atomic E-state index is 12.8. The van der Waals surface area contributed by atoms with Gasteiger partial charge in [-0.2, -0.15) is 0 Å². The van der Waals surface area contributed by atoms with E-state index in [1.54, 1.807) is 7.05 Å². The first-order valence-electron chi connectivity index (χ1n) is 14.2. The van der Waals surface area contributed by atoms with Gasteiger partial charge in [-0.3, -0.25) is 21.3 Å². The van der Waals surface area contributed by atoms with E-state index >= 15 is 0 Å². The third kappa shape index (κ3) is 8.92. The fourth-order valence-corrected chi connectivity index (χ4v) is 4.23. The van der Waals surface area contributed by atoms with Crippen molar-refractivity contribution in [3.05, 3.63) is 94.3 Å². The molecule has 11 heteroatoms. The van der Waals surface area contributed by atoms with E-state index in [4.69, 9.17) is 16.1 Å². The lowest BCUT2D eigenvalue weighted by atomic mass is 10.00. The van der Waals surface area contributed by atoms with Crippen molar-refractivity contribution >= 4 is 22.8 Å². The minimum absolute atomic E-state index is 0.101. The van der Waals surface area contributed by atoms with Gasteiger partial charge in [0.05, 0.1) is 0 Å². The number of nitrogens with one attached hydrogen (secondary N) is 3. The van der Waals surface area contributed by atoms with Gasteiger partial charge in [0.1, 0.15) is 35.2 Å². The molecule has 0 saturated carbocycles. The average molecular weight is 577 g/mol. The first-order valence-corrected chi connectivity index (χ1v) is 14.2. The van der Waals surface area contributed by atoms with Gasteiger partial charge in [-0.05, 0) is 47.7 Å². The van der Waals surface area contributed by atoms with Gasteiger partial charge < -0.3 is 15.1 Å². The molecule has 4 aromatic rings. The molecule has 2 amide bonds. The lowest BCUT2D eigenvalue weighted by Gasteiger charge is -2.24. The molecule has 0 spiro atoms. The molecule has 2 heterocycles. The predicted octanol–water partition coefficient (Wildman–Crippen LogP) is 4.27. The number of hydrogen-bond donors (Lipinski definition) is 5. The van der Waals surface area contributed by atoms with Gasteiger partial charge >= 0.3 is 0 Å². The van der Waals surface area contributed by atoms with E-state index in [0.717, 1.165) is 45.4 Å². The molecule has 2 aromatic heterocycles. The van der Waals surface area contributed by atoms with Crippen LogP contribution >= 0.6 is 0 Å². The van der Waals surface area contributed by atoms with E-state index in [9.17, 15) is 9.59 Å². The van der Waals surface area contributed by atoms with Crippen LogP contribution < -0.4 is 27.7 Å². The summed E-state index contributed by atoms with van der Waals surface area (Å²) in [5.41, 5.74) is 7.45. The Hall–Kier alpha value is -4.16. The lowest BCUT2D eigenvalue weighted by Crippen LogP contribution is -2.43. The molecule has 4 rings (SSSR count). The summed E-state index contributed by atoms with van der Waals surface area (Å²) >= 11 is 0. The van der Waals surface area contributed by atoms with Gasteiger partial charge in [-0.15, -0.1) is 0 Å². The molecule has 0 aliphatic heterocycles. The molecule has 0 saturated heterocycles. The monoisotopic (exact) mass is 576 g/mol. The Balaban J connectivity index is 0.00000148. The maximum Gasteiger partial charge on any atom is 0.270 e. The topological polar surface area (TPSA) is 164 Å². The zero-order valence-corrected chi connectivity index (χ0v) is 25.6. The number of furan rings is 1. The molecule has 0 fully saturated rings. The maximum absolute atomic E-state index is 12.8. The highest BCUT2D eigenvalue weighted by Gasteiger charge is 2.16. The summed E-state index contributed by atoms with van der Waals surface area (Å²) in [7, 11) is 1.72. The molecule has 2 aromatic carbocycles. The average Bonchev–Trinajstić information content (AvgIpc) is 3.40. The van der Waals surface area contributed by atoms with Crippen molar-refractivity contribution in [2.45, 2.75) is 67.2 Å². The molecule has 0 radical (unpaired) electrons. The first-order chi connectivity index (χ1) is 20.3. The Kier molecular flexibility index (Phi) is 13.7. The second-order valence-electron chi connectivity index (χ2n) is 9.00. The zero-order valence-electron chi connectivity index (χ0n) is 25.6. The van der Waals surface area contributed by atoms with E-state index in [0.29, 0.717) is 6.54 Å². The Bertz CT molecular complexity index is 1450. The molecular formula is C31H44N8O3. The zero-order chi connectivity index (χ0) is 31.2. The van der Waals surface area contributed by atoms with Crippen LogP contribution in [0.4, 0.5) is 0 Å². The first kappa shape index (κ1) is 34.0. The van der Waals surface area contributed by atoms with Crippen LogP contribution in [-0.2, 0) is 19.5 Å². The molecule has 0 bridgehead atoms. The summed E-state index contributed by atoms with van der Waals surface area (Å²) < 4.78 is 5.65. The number of rotatable bonds is 10. The summed E-state index contributed by atoms with van der Waals surface area (Å²) in [6.45, 7) is 12.5. The predicted molar refractivity (Wildman–Crippen MR) is 166 cm³/mol. The van der Waals surface area contributed by atoms with Crippen LogP contribution in [0.25, 0.3) is 11.0 Å². The van der Waals surface area contributed by atoms with Crippen LogP contribution in [0.15, 0.2) is 59.3 Å². The van der Waals surface area contributed by atoms with Crippen molar-refractivity contribution < 1.29 is 14.0 Å². The van der Waals surface area contributed by atoms with Crippen molar-refractivity contribution in [1.29, 1.82) is 0 Å². The smallest absolute Gasteiger partial charge is 0.270 e. The van der Waals surface area contributed by atoms with E-state index in [1.807, 2.05) is 84.0 Å². The standard InChI is InChI=1S/C27H32N8O3.2C2H6/c1-4-18-11-20(25(34-28)35(3)29)7-8-21(18)14-31-27(37)23-12-22(32-15-33-23)26(36)30-13-17-5-6-19-9-16(2)38-24(19)10-17;2*1-2/h5-12,15,25,34H,4,13-14,28-29H2,1-3H3,(H,30,36)(H,31,37);2*1-2H3. The number of nitrogens with zero attached hydrogens (tertiary/aromatic N) is 3. The highest BCUT2D eigenvalue weighted by atomic mass is 16.3. The Morgan fingerprint density at radius 3 is 2.14 bits per heavy atom. The van der Waals surface area contributed by atoms with Crippen LogP contribution in [0.1, 0.15) is 89.8 Å². The summed E-state index contributed by atoms with van der Waals surface area (Å²) in [5, 5.41) is 8.18. The van der Waals surface area contributed by atoms with Gasteiger partial charge in [-0.1, -0.05) is 65.0 Å². The molecule has 11 nitrogen and oxygen atoms in total. The van der Waals surface area contributed by atoms with Crippen LogP contribution in [-0.4, -0.2) is 33.8 Å². The molecule has 7 N–H and O–H groups in total. The van der Waals surface area contributed by atoms with Gasteiger partial charge in [0.2, 0.25) is 0 Å². The van der Waals surface area contributed by atoms with Crippen molar-refractivity contribution in [3.8, 4) is 0 Å². The number of hydrazine groups is 2. The third-order valence-corrected chi connectivity index (χ3v) is 6.22. The number of carbonyl (C=O) groups excluding carboxylic acids is 2. The molecule has 1 atom stereocenters. The molecule has 42 heavy (non-hydrogen) atoms. The molecular weight excluding hydrogens is 532 g/mol. The normalized spacial score (nSPS) is 11.2. The minimum atomic E-state index is -0.408. The quantitative estimate of drug-likeness (QED) is 0.105. The lowest BCUT2D eigenvalue weighted by molar-refractivity contribution is 0.0944. The Labute approximate surface area is 248 Å². The van der Waals surface area contributed by atoms with Crippen LogP contribution in [0, 0.1) is 6.92 Å². The summed E-state index contributed by atoms with van der Waals surface area (Å²) in [4.78, 5) is 33.6. The number of aryl methyl sites for hydroxylation is 2. The fraction of sp³-hybridized carbons (Fsp3) is 0.355. The number of amides is 2. The summed E-state index contributed by atoms with van der Waals surface area (Å²) in [6, 6.07) is 14.9. The largest absolute Gasteiger partial charge is 0.461 e. The molecule has 0 aliphatic carbocycles. The summed E-state index contributed by atoms with van der Waals surface area (Å²) in [6.07, 6.45) is 1.62. The fourth-order valence-electron chi connectivity index (χ4n) is 4.23. The minimum Gasteiger partial charge on any atom is -0.461 e. The number of aromatic nitrogens is 2. The number of hydrogen-bond acceptors (Lipinski definition) is 9. The number of nitrogens with two attached hydrogens (primary N) is 2. The second kappa shape index (κ2) is 16.9. The van der Waals surface area contributed by atoms with Crippen molar-refractivity contribution in [2.75, 3.05) is 7.05 Å². The van der Waals surface area contributed by atoms with Crippen molar-refractivity contribution in [1.82, 2.24) is 31.0 Å². The van der Waals surface area contributed by atoms with E-state index in [2.05, 4.69) is 26.0 Å². The molecule has 1 unspecified atom stereocenters. The second-order valence-corrected chi connectivity index (χ2v) is 9.00. The van der Waals surface area contributed by atoms with E-state index in [1.165, 1.54) is 17.4 Å². The highest BCUT2D eigenvalue weighted by Crippen LogP contribution is 2.21. The SMILES string of the molecule is CC.CC.CCc1cc(C(NN)N(C)N)ccc1CNC(=O)c1cc(C(=O)NCc2ccc3cc(C)oc3c2)ncn1. The third-order valence-electron chi connectivity index (χ3n) is 6.22. The van der Waals surface area contributed by atoms with Crippen molar-refractivity contribution in [2.24, 2.45) is 11.7 Å². The van der Waals surface area contributed by atoms with Crippen molar-refractivity contribution in [3.63, 3.8) is 0 Å². The van der Waals surface area contributed by atoms with Gasteiger partial charge in [0, 0.05) is 31.6 Å². The van der Waals surface area contributed by atoms with Crippen LogP contribution in [0.3, 0.4) is 0 Å². The molecule has 0 aliphatic rings. The van der Waals surface area contributed by atoms with E-state index in [-0.39, 0.29) is 24.1 Å². The van der Waals surface area contributed by atoms with Gasteiger partial charge in [0.25, 0.3) is 11.8 Å². The van der Waals surface area contributed by atoms with Crippen LogP contribution in [0.5, 0.6) is 0 Å². The summed E-state index contributed by atoms with van der Waals surface area (Å²) in [5.74, 6) is 11.5. The van der Waals surface area contributed by atoms with E-state index < -0.39 is 11.8 Å². The Morgan fingerprint density at radius 2 is 1.55 bits per heavy atom.